The molecule has 1 saturated heterocycles. The summed E-state index contributed by atoms with van der Waals surface area (Å²) < 4.78 is 17.9. The van der Waals surface area contributed by atoms with E-state index < -0.39 is 6.09 Å². The van der Waals surface area contributed by atoms with E-state index in [1.807, 2.05) is 6.92 Å². The van der Waals surface area contributed by atoms with Crippen LogP contribution in [0, 0.1) is 5.82 Å². The fourth-order valence-corrected chi connectivity index (χ4v) is 1.62. The first-order valence-corrected chi connectivity index (χ1v) is 5.35. The normalized spacial score (nSPS) is 22.2. The van der Waals surface area contributed by atoms with Crippen LogP contribution >= 0.6 is 0 Å². The summed E-state index contributed by atoms with van der Waals surface area (Å²) in [6.45, 7) is 3.03. The monoisotopic (exact) mass is 239 g/mol. The minimum atomic E-state index is -0.994. The van der Waals surface area contributed by atoms with Crippen LogP contribution in [-0.2, 0) is 11.3 Å². The van der Waals surface area contributed by atoms with Gasteiger partial charge in [0.2, 0.25) is 0 Å². The first-order valence-electron chi connectivity index (χ1n) is 5.35. The molecule has 1 atom stereocenters. The molecule has 92 valence electrons. The number of epoxide rings is 1. The summed E-state index contributed by atoms with van der Waals surface area (Å²) in [7, 11) is 0. The summed E-state index contributed by atoms with van der Waals surface area (Å²) in [6.07, 6.45) is -0.994. The molecule has 0 radical (unpaired) electrons. The van der Waals surface area contributed by atoms with Crippen molar-refractivity contribution in [2.75, 3.05) is 13.2 Å². The maximum Gasteiger partial charge on any atom is 0.407 e. The highest BCUT2D eigenvalue weighted by molar-refractivity contribution is 5.65. The van der Waals surface area contributed by atoms with Crippen molar-refractivity contribution in [3.63, 3.8) is 0 Å². The summed E-state index contributed by atoms with van der Waals surface area (Å²) >= 11 is 0. The second-order valence-electron chi connectivity index (χ2n) is 4.50. The predicted octanol–water partition coefficient (Wildman–Crippen LogP) is 2.09. The van der Waals surface area contributed by atoms with E-state index in [-0.39, 0.29) is 18.0 Å². The van der Waals surface area contributed by atoms with Gasteiger partial charge in [-0.2, -0.15) is 0 Å². The Balaban J connectivity index is 2.02. The van der Waals surface area contributed by atoms with E-state index in [0.717, 1.165) is 5.56 Å². The van der Waals surface area contributed by atoms with Gasteiger partial charge in [-0.05, 0) is 24.6 Å². The van der Waals surface area contributed by atoms with Crippen molar-refractivity contribution in [3.8, 4) is 0 Å². The number of rotatable bonds is 4. The zero-order chi connectivity index (χ0) is 12.5. The Hall–Kier alpha value is -1.62. The van der Waals surface area contributed by atoms with E-state index in [4.69, 9.17) is 9.84 Å². The Morgan fingerprint density at radius 1 is 1.53 bits per heavy atom. The van der Waals surface area contributed by atoms with Crippen LogP contribution in [0.15, 0.2) is 24.3 Å². The van der Waals surface area contributed by atoms with Crippen molar-refractivity contribution >= 4 is 6.09 Å². The molecule has 1 unspecified atom stereocenters. The molecule has 4 nitrogen and oxygen atoms in total. The topological polar surface area (TPSA) is 53.1 Å². The highest BCUT2D eigenvalue weighted by Crippen LogP contribution is 2.27. The van der Waals surface area contributed by atoms with Crippen LogP contribution in [0.4, 0.5) is 9.18 Å². The van der Waals surface area contributed by atoms with Crippen LogP contribution in [0.3, 0.4) is 0 Å². The smallest absolute Gasteiger partial charge is 0.407 e. The second kappa shape index (κ2) is 4.33. The van der Waals surface area contributed by atoms with Crippen LogP contribution in [0.2, 0.25) is 0 Å². The molecule has 1 heterocycles. The first-order chi connectivity index (χ1) is 7.98. The number of ether oxygens (including phenoxy) is 1. The Kier molecular flexibility index (Phi) is 3.02. The van der Waals surface area contributed by atoms with Crippen molar-refractivity contribution in [1.82, 2.24) is 4.90 Å². The number of hydrogen-bond acceptors (Lipinski definition) is 2. The van der Waals surface area contributed by atoms with Crippen molar-refractivity contribution in [2.24, 2.45) is 0 Å². The number of halogens is 1. The minimum Gasteiger partial charge on any atom is -0.465 e. The summed E-state index contributed by atoms with van der Waals surface area (Å²) in [5, 5.41) is 9.08. The molecule has 0 saturated carbocycles. The van der Waals surface area contributed by atoms with Gasteiger partial charge in [0.1, 0.15) is 11.4 Å². The second-order valence-corrected chi connectivity index (χ2v) is 4.50. The van der Waals surface area contributed by atoms with E-state index in [1.54, 1.807) is 12.1 Å². The number of carboxylic acid groups (broad SMARTS) is 1. The maximum atomic E-state index is 12.7. The zero-order valence-corrected chi connectivity index (χ0v) is 9.52. The first kappa shape index (κ1) is 11.9. The lowest BCUT2D eigenvalue weighted by Crippen LogP contribution is -2.36. The fraction of sp³-hybridized carbons (Fsp3) is 0.417. The van der Waals surface area contributed by atoms with Gasteiger partial charge in [-0.15, -0.1) is 0 Å². The maximum absolute atomic E-state index is 12.7. The Morgan fingerprint density at radius 2 is 2.12 bits per heavy atom. The molecule has 1 aliphatic heterocycles. The molecule has 2 rings (SSSR count). The Bertz CT molecular complexity index is 414. The summed E-state index contributed by atoms with van der Waals surface area (Å²) in [4.78, 5) is 12.4. The third-order valence-corrected chi connectivity index (χ3v) is 2.72. The van der Waals surface area contributed by atoms with Gasteiger partial charge in [0, 0.05) is 6.54 Å². The van der Waals surface area contributed by atoms with Crippen LogP contribution < -0.4 is 0 Å². The van der Waals surface area contributed by atoms with Gasteiger partial charge in [0.25, 0.3) is 0 Å². The number of nitrogens with zero attached hydrogens (tertiary/aromatic N) is 1. The predicted molar refractivity (Wildman–Crippen MR) is 59.2 cm³/mol. The van der Waals surface area contributed by atoms with Gasteiger partial charge in [0.05, 0.1) is 13.2 Å². The number of amides is 1. The SMILES string of the molecule is CC1(CN(Cc2ccc(F)cc2)C(=O)O)CO1. The lowest BCUT2D eigenvalue weighted by Gasteiger charge is -2.21. The number of carbonyl (C=O) groups is 1. The molecule has 1 aromatic rings. The third-order valence-electron chi connectivity index (χ3n) is 2.72. The molecule has 1 aliphatic rings. The molecule has 0 spiro atoms. The molecule has 0 bridgehead atoms. The van der Waals surface area contributed by atoms with Crippen molar-refractivity contribution in [1.29, 1.82) is 0 Å². The Labute approximate surface area is 98.6 Å². The highest BCUT2D eigenvalue weighted by Gasteiger charge is 2.41. The van der Waals surface area contributed by atoms with E-state index in [9.17, 15) is 9.18 Å². The van der Waals surface area contributed by atoms with Gasteiger partial charge in [-0.25, -0.2) is 9.18 Å². The lowest BCUT2D eigenvalue weighted by molar-refractivity contribution is 0.127. The summed E-state index contributed by atoms with van der Waals surface area (Å²) in [5.74, 6) is -0.326. The molecule has 0 aliphatic carbocycles. The van der Waals surface area contributed by atoms with Gasteiger partial charge < -0.3 is 14.7 Å². The molecule has 1 amide bonds. The van der Waals surface area contributed by atoms with Crippen LogP contribution in [-0.4, -0.2) is 34.9 Å². The minimum absolute atomic E-state index is 0.245. The highest BCUT2D eigenvalue weighted by atomic mass is 19.1. The molecule has 17 heavy (non-hydrogen) atoms. The lowest BCUT2D eigenvalue weighted by atomic mass is 10.1. The van der Waals surface area contributed by atoms with Crippen molar-refractivity contribution in [2.45, 2.75) is 19.1 Å². The average Bonchev–Trinajstić information content (AvgIpc) is 2.99. The van der Waals surface area contributed by atoms with Crippen LogP contribution in [0.1, 0.15) is 12.5 Å². The van der Waals surface area contributed by atoms with Gasteiger partial charge >= 0.3 is 6.09 Å². The average molecular weight is 239 g/mol. The number of hydrogen-bond donors (Lipinski definition) is 1. The quantitative estimate of drug-likeness (QED) is 0.818. The molecule has 1 N–H and O–H groups in total. The standard InChI is InChI=1S/C12H14FNO3/c1-12(8-17-12)7-14(11(15)16)6-9-2-4-10(13)5-3-9/h2-5H,6-8H2,1H3,(H,15,16). The van der Waals surface area contributed by atoms with E-state index in [0.29, 0.717) is 13.2 Å². The van der Waals surface area contributed by atoms with Gasteiger partial charge in [0.15, 0.2) is 0 Å². The van der Waals surface area contributed by atoms with Crippen LogP contribution in [0.5, 0.6) is 0 Å². The largest absolute Gasteiger partial charge is 0.465 e. The van der Waals surface area contributed by atoms with Crippen molar-refractivity contribution < 1.29 is 19.0 Å². The van der Waals surface area contributed by atoms with E-state index in [1.165, 1.54) is 17.0 Å². The van der Waals surface area contributed by atoms with Gasteiger partial charge in [-0.3, -0.25) is 0 Å². The molecule has 5 heteroatoms. The number of benzene rings is 1. The Morgan fingerprint density at radius 3 is 2.59 bits per heavy atom. The third kappa shape index (κ3) is 3.17. The summed E-state index contributed by atoms with van der Waals surface area (Å²) in [5.41, 5.74) is 0.413. The van der Waals surface area contributed by atoms with Gasteiger partial charge in [-0.1, -0.05) is 12.1 Å². The van der Waals surface area contributed by atoms with Crippen molar-refractivity contribution in [3.05, 3.63) is 35.6 Å². The van der Waals surface area contributed by atoms with E-state index in [2.05, 4.69) is 0 Å². The molecular weight excluding hydrogens is 225 g/mol. The van der Waals surface area contributed by atoms with Crippen LogP contribution in [0.25, 0.3) is 0 Å². The molecule has 0 aromatic heterocycles. The van der Waals surface area contributed by atoms with E-state index >= 15 is 0 Å². The molecule has 1 aromatic carbocycles. The molecular formula is C12H14FNO3. The fourth-order valence-electron chi connectivity index (χ4n) is 1.62. The summed E-state index contributed by atoms with van der Waals surface area (Å²) in [6, 6.07) is 5.82. The zero-order valence-electron chi connectivity index (χ0n) is 9.52. The molecule has 1 fully saturated rings.